The molecular weight excluding hydrogens is 317 g/mol. The predicted octanol–water partition coefficient (Wildman–Crippen LogP) is 3.58. The van der Waals surface area contributed by atoms with Gasteiger partial charge in [-0.3, -0.25) is 4.79 Å². The van der Waals surface area contributed by atoms with E-state index in [0.29, 0.717) is 16.6 Å². The summed E-state index contributed by atoms with van der Waals surface area (Å²) in [6.07, 6.45) is 0.953. The van der Waals surface area contributed by atoms with Crippen molar-refractivity contribution in [2.45, 2.75) is 19.9 Å². The van der Waals surface area contributed by atoms with Crippen LogP contribution >= 0.6 is 0 Å². The summed E-state index contributed by atoms with van der Waals surface area (Å²) in [5.74, 6) is -0.606. The third-order valence-electron chi connectivity index (χ3n) is 4.63. The van der Waals surface area contributed by atoms with Crippen LogP contribution in [0, 0.1) is 12.7 Å². The van der Waals surface area contributed by atoms with E-state index in [2.05, 4.69) is 21.7 Å². The van der Waals surface area contributed by atoms with Crippen molar-refractivity contribution in [3.05, 3.63) is 70.7 Å². The van der Waals surface area contributed by atoms with E-state index in [1.54, 1.807) is 25.1 Å². The van der Waals surface area contributed by atoms with Gasteiger partial charge in [-0.25, -0.2) is 9.37 Å². The number of anilines is 1. The van der Waals surface area contributed by atoms with Gasteiger partial charge in [0.15, 0.2) is 0 Å². The van der Waals surface area contributed by atoms with Crippen LogP contribution in [0.5, 0.6) is 0 Å². The molecule has 5 heteroatoms. The molecule has 0 aliphatic carbocycles. The van der Waals surface area contributed by atoms with Gasteiger partial charge in [-0.2, -0.15) is 0 Å². The van der Waals surface area contributed by atoms with Crippen molar-refractivity contribution in [2.24, 2.45) is 0 Å². The van der Waals surface area contributed by atoms with Gasteiger partial charge in [-0.15, -0.1) is 0 Å². The third-order valence-corrected chi connectivity index (χ3v) is 4.63. The summed E-state index contributed by atoms with van der Waals surface area (Å²) in [4.78, 5) is 17.1. The molecule has 2 heterocycles. The predicted molar refractivity (Wildman–Crippen MR) is 96.2 cm³/mol. The molecule has 0 fully saturated rings. The van der Waals surface area contributed by atoms with Crippen LogP contribution in [0.4, 0.5) is 10.1 Å². The van der Waals surface area contributed by atoms with Crippen molar-refractivity contribution in [1.29, 1.82) is 0 Å². The van der Waals surface area contributed by atoms with E-state index >= 15 is 0 Å². The molecule has 0 radical (unpaired) electrons. The molecule has 0 saturated carbocycles. The highest BCUT2D eigenvalue weighted by Gasteiger charge is 2.17. The quantitative estimate of drug-likeness (QED) is 0.753. The van der Waals surface area contributed by atoms with Crippen LogP contribution in [0.3, 0.4) is 0 Å². The van der Waals surface area contributed by atoms with E-state index in [9.17, 15) is 9.18 Å². The van der Waals surface area contributed by atoms with Crippen LogP contribution in [0.1, 0.15) is 27.2 Å². The third kappa shape index (κ3) is 2.87. The maximum Gasteiger partial charge on any atom is 0.257 e. The Labute approximate surface area is 145 Å². The molecule has 1 aliphatic heterocycles. The van der Waals surface area contributed by atoms with Gasteiger partial charge in [0.25, 0.3) is 5.91 Å². The van der Waals surface area contributed by atoms with Gasteiger partial charge in [0.05, 0.1) is 11.3 Å². The van der Waals surface area contributed by atoms with Crippen molar-refractivity contribution in [3.8, 4) is 0 Å². The van der Waals surface area contributed by atoms with Crippen LogP contribution in [0.25, 0.3) is 10.9 Å². The number of rotatable bonds is 2. The van der Waals surface area contributed by atoms with Crippen molar-refractivity contribution in [1.82, 2.24) is 10.3 Å². The fraction of sp³-hybridized carbons (Fsp3) is 0.200. The molecule has 3 aromatic rings. The van der Waals surface area contributed by atoms with Gasteiger partial charge in [0, 0.05) is 17.6 Å². The summed E-state index contributed by atoms with van der Waals surface area (Å²) < 4.78 is 13.9. The lowest BCUT2D eigenvalue weighted by molar-refractivity contribution is 0.102. The smallest absolute Gasteiger partial charge is 0.257 e. The summed E-state index contributed by atoms with van der Waals surface area (Å²) in [7, 11) is 0. The number of nitrogens with zero attached hydrogens (tertiary/aromatic N) is 1. The normalized spacial score (nSPS) is 13.5. The van der Waals surface area contributed by atoms with Crippen LogP contribution in [0.2, 0.25) is 0 Å². The monoisotopic (exact) mass is 335 g/mol. The highest BCUT2D eigenvalue weighted by Crippen LogP contribution is 2.25. The Morgan fingerprint density at radius 2 is 2.08 bits per heavy atom. The number of hydrogen-bond acceptors (Lipinski definition) is 3. The van der Waals surface area contributed by atoms with Crippen molar-refractivity contribution in [3.63, 3.8) is 0 Å². The van der Waals surface area contributed by atoms with E-state index in [0.717, 1.165) is 30.8 Å². The molecule has 4 nitrogen and oxygen atoms in total. The lowest BCUT2D eigenvalue weighted by atomic mass is 9.99. The fourth-order valence-corrected chi connectivity index (χ4v) is 3.31. The first-order chi connectivity index (χ1) is 12.1. The standard InChI is InChI=1S/C20H18FN3O/c1-12-15(10-14-5-2-6-17(21)19(14)23-12)20(25)24-18-7-3-4-13-8-9-22-11-16(13)18/h2-7,10,22H,8-9,11H2,1H3,(H,24,25). The zero-order valence-corrected chi connectivity index (χ0v) is 13.9. The Kier molecular flexibility index (Phi) is 3.93. The Bertz CT molecular complexity index is 984. The van der Waals surface area contributed by atoms with Gasteiger partial charge in [0.2, 0.25) is 0 Å². The molecule has 0 spiro atoms. The number of carbonyl (C=O) groups is 1. The SMILES string of the molecule is Cc1nc2c(F)cccc2cc1C(=O)Nc1cccc2c1CNCC2. The zero-order chi connectivity index (χ0) is 17.4. The highest BCUT2D eigenvalue weighted by molar-refractivity contribution is 6.07. The lowest BCUT2D eigenvalue weighted by Gasteiger charge is -2.20. The minimum Gasteiger partial charge on any atom is -0.322 e. The number of amides is 1. The average Bonchev–Trinajstić information content (AvgIpc) is 2.62. The Morgan fingerprint density at radius 3 is 2.96 bits per heavy atom. The van der Waals surface area contributed by atoms with Crippen LogP contribution < -0.4 is 10.6 Å². The summed E-state index contributed by atoms with van der Waals surface area (Å²) in [5.41, 5.74) is 4.45. The fourth-order valence-electron chi connectivity index (χ4n) is 3.31. The Hall–Kier alpha value is -2.79. The number of pyridine rings is 1. The van der Waals surface area contributed by atoms with Gasteiger partial charge < -0.3 is 10.6 Å². The number of para-hydroxylation sites is 1. The van der Waals surface area contributed by atoms with Crippen molar-refractivity contribution < 1.29 is 9.18 Å². The number of benzene rings is 2. The molecule has 0 bridgehead atoms. The first kappa shape index (κ1) is 15.7. The number of fused-ring (bicyclic) bond motifs is 2. The van der Waals surface area contributed by atoms with Crippen LogP contribution in [-0.4, -0.2) is 17.4 Å². The van der Waals surface area contributed by atoms with E-state index in [1.165, 1.54) is 11.6 Å². The second-order valence-electron chi connectivity index (χ2n) is 6.26. The summed E-state index contributed by atoms with van der Waals surface area (Å²) >= 11 is 0. The first-order valence-corrected chi connectivity index (χ1v) is 8.32. The number of nitrogens with one attached hydrogen (secondary N) is 2. The molecule has 0 saturated heterocycles. The van der Waals surface area contributed by atoms with E-state index in [-0.39, 0.29) is 17.2 Å². The van der Waals surface area contributed by atoms with E-state index < -0.39 is 0 Å². The number of halogens is 1. The number of carbonyl (C=O) groups excluding carboxylic acids is 1. The minimum absolute atomic E-state index is 0.227. The number of hydrogen-bond donors (Lipinski definition) is 2. The molecule has 1 aromatic heterocycles. The zero-order valence-electron chi connectivity index (χ0n) is 13.9. The number of aryl methyl sites for hydroxylation is 1. The molecule has 2 aromatic carbocycles. The number of aromatic nitrogens is 1. The maximum atomic E-state index is 13.9. The van der Waals surface area contributed by atoms with Gasteiger partial charge in [-0.1, -0.05) is 24.3 Å². The summed E-state index contributed by atoms with van der Waals surface area (Å²) in [6, 6.07) is 12.4. The average molecular weight is 335 g/mol. The molecule has 1 amide bonds. The van der Waals surface area contributed by atoms with Crippen LogP contribution in [0.15, 0.2) is 42.5 Å². The minimum atomic E-state index is -0.379. The second kappa shape index (κ2) is 6.26. The van der Waals surface area contributed by atoms with Gasteiger partial charge in [-0.05, 0) is 49.2 Å². The molecule has 126 valence electrons. The molecule has 0 atom stereocenters. The molecule has 0 unspecified atom stereocenters. The van der Waals surface area contributed by atoms with Crippen LogP contribution in [-0.2, 0) is 13.0 Å². The topological polar surface area (TPSA) is 54.0 Å². The lowest BCUT2D eigenvalue weighted by Crippen LogP contribution is -2.25. The molecule has 25 heavy (non-hydrogen) atoms. The van der Waals surface area contributed by atoms with E-state index in [4.69, 9.17) is 0 Å². The largest absolute Gasteiger partial charge is 0.322 e. The van der Waals surface area contributed by atoms with Crippen molar-refractivity contribution >= 4 is 22.5 Å². The Balaban J connectivity index is 1.70. The summed E-state index contributed by atoms with van der Waals surface area (Å²) in [5, 5.41) is 6.94. The first-order valence-electron chi connectivity index (χ1n) is 8.32. The molecule has 4 rings (SSSR count). The molecule has 2 N–H and O–H groups in total. The summed E-state index contributed by atoms with van der Waals surface area (Å²) in [6.45, 7) is 3.42. The highest BCUT2D eigenvalue weighted by atomic mass is 19.1. The van der Waals surface area contributed by atoms with E-state index in [1.807, 2.05) is 12.1 Å². The van der Waals surface area contributed by atoms with Crippen molar-refractivity contribution in [2.75, 3.05) is 11.9 Å². The van der Waals surface area contributed by atoms with Gasteiger partial charge in [0.1, 0.15) is 11.3 Å². The van der Waals surface area contributed by atoms with Gasteiger partial charge >= 0.3 is 0 Å². The molecule has 1 aliphatic rings. The molecular formula is C20H18FN3O. The second-order valence-corrected chi connectivity index (χ2v) is 6.26. The Morgan fingerprint density at radius 1 is 1.24 bits per heavy atom. The maximum absolute atomic E-state index is 13.9.